The maximum atomic E-state index is 11.6. The van der Waals surface area contributed by atoms with Gasteiger partial charge in [-0.2, -0.15) is 0 Å². The molecule has 3 N–H and O–H groups in total. The molecule has 1 aromatic carbocycles. The maximum Gasteiger partial charge on any atom is 0.319 e. The lowest BCUT2D eigenvalue weighted by atomic mass is 10.1. The zero-order valence-corrected chi connectivity index (χ0v) is 11.1. The molecule has 2 amide bonds. The Kier molecular flexibility index (Phi) is 6.43. The molecule has 0 heterocycles. The number of hydrogen-bond acceptors (Lipinski definition) is 2. The van der Waals surface area contributed by atoms with Gasteiger partial charge in [-0.25, -0.2) is 4.79 Å². The van der Waals surface area contributed by atoms with Gasteiger partial charge in [0, 0.05) is 12.2 Å². The zero-order chi connectivity index (χ0) is 14.1. The standard InChI is InChI=1S/C14H20N2O3/c1-2-3-4-8-15-14(19)16-12-7-5-6-11(9-12)10-13(17)18/h5-7,9H,2-4,8,10H2,1H3,(H,17,18)(H2,15,16,19). The lowest BCUT2D eigenvalue weighted by Gasteiger charge is -2.08. The normalized spacial score (nSPS) is 9.95. The second kappa shape index (κ2) is 8.13. The van der Waals surface area contributed by atoms with Gasteiger partial charge < -0.3 is 15.7 Å². The molecule has 5 nitrogen and oxygen atoms in total. The Morgan fingerprint density at radius 2 is 2.05 bits per heavy atom. The minimum absolute atomic E-state index is 0.0480. The molecule has 0 unspecified atom stereocenters. The Hall–Kier alpha value is -2.04. The molecule has 5 heteroatoms. The second-order valence-corrected chi connectivity index (χ2v) is 4.36. The number of carbonyl (C=O) groups is 2. The number of carbonyl (C=O) groups excluding carboxylic acids is 1. The molecule has 0 aromatic heterocycles. The van der Waals surface area contributed by atoms with Crippen LogP contribution in [0.3, 0.4) is 0 Å². The number of carboxylic acid groups (broad SMARTS) is 1. The summed E-state index contributed by atoms with van der Waals surface area (Å²) in [6.45, 7) is 2.75. The molecule has 0 aliphatic heterocycles. The van der Waals surface area contributed by atoms with Gasteiger partial charge in [0.15, 0.2) is 0 Å². The van der Waals surface area contributed by atoms with E-state index >= 15 is 0 Å². The summed E-state index contributed by atoms with van der Waals surface area (Å²) in [4.78, 5) is 22.2. The van der Waals surface area contributed by atoms with Gasteiger partial charge in [0.2, 0.25) is 0 Å². The summed E-state index contributed by atoms with van der Waals surface area (Å²) >= 11 is 0. The van der Waals surface area contributed by atoms with Gasteiger partial charge in [-0.3, -0.25) is 4.79 Å². The number of benzene rings is 1. The summed E-state index contributed by atoms with van der Waals surface area (Å²) in [5, 5.41) is 14.2. The van der Waals surface area contributed by atoms with E-state index in [-0.39, 0.29) is 12.5 Å². The number of unbranched alkanes of at least 4 members (excludes halogenated alkanes) is 2. The smallest absolute Gasteiger partial charge is 0.319 e. The zero-order valence-electron chi connectivity index (χ0n) is 11.1. The van der Waals surface area contributed by atoms with Gasteiger partial charge in [0.05, 0.1) is 6.42 Å². The molecular formula is C14H20N2O3. The van der Waals surface area contributed by atoms with E-state index in [0.717, 1.165) is 19.3 Å². The van der Waals surface area contributed by atoms with Crippen LogP contribution in [0.4, 0.5) is 10.5 Å². The molecule has 0 spiro atoms. The van der Waals surface area contributed by atoms with E-state index in [0.29, 0.717) is 17.8 Å². The molecule has 19 heavy (non-hydrogen) atoms. The highest BCUT2D eigenvalue weighted by molar-refractivity contribution is 5.89. The fraction of sp³-hybridized carbons (Fsp3) is 0.429. The van der Waals surface area contributed by atoms with Crippen LogP contribution in [0.2, 0.25) is 0 Å². The molecule has 0 aliphatic carbocycles. The van der Waals surface area contributed by atoms with Gasteiger partial charge in [-0.15, -0.1) is 0 Å². The van der Waals surface area contributed by atoms with Crippen LogP contribution in [0.1, 0.15) is 31.7 Å². The predicted octanol–water partition coefficient (Wildman–Crippen LogP) is 2.63. The first kappa shape index (κ1) is 15.0. The second-order valence-electron chi connectivity index (χ2n) is 4.36. The maximum absolute atomic E-state index is 11.6. The van der Waals surface area contributed by atoms with Crippen LogP contribution in [0.5, 0.6) is 0 Å². The highest BCUT2D eigenvalue weighted by atomic mass is 16.4. The van der Waals surface area contributed by atoms with Crippen molar-refractivity contribution in [2.45, 2.75) is 32.6 Å². The van der Waals surface area contributed by atoms with E-state index in [1.807, 2.05) is 0 Å². The van der Waals surface area contributed by atoms with Crippen molar-refractivity contribution < 1.29 is 14.7 Å². The number of nitrogens with one attached hydrogen (secondary N) is 2. The number of aliphatic carboxylic acids is 1. The molecular weight excluding hydrogens is 244 g/mol. The van der Waals surface area contributed by atoms with Gasteiger partial charge in [-0.05, 0) is 24.1 Å². The predicted molar refractivity (Wildman–Crippen MR) is 74.3 cm³/mol. The number of urea groups is 1. The van der Waals surface area contributed by atoms with Gasteiger partial charge in [0.1, 0.15) is 0 Å². The molecule has 0 aliphatic rings. The fourth-order valence-corrected chi connectivity index (χ4v) is 1.69. The summed E-state index contributed by atoms with van der Waals surface area (Å²) in [6.07, 6.45) is 3.12. The molecule has 104 valence electrons. The first-order chi connectivity index (χ1) is 9.11. The van der Waals surface area contributed by atoms with Crippen molar-refractivity contribution in [2.24, 2.45) is 0 Å². The van der Waals surface area contributed by atoms with Crippen LogP contribution in [-0.4, -0.2) is 23.7 Å². The van der Waals surface area contributed by atoms with Gasteiger partial charge in [0.25, 0.3) is 0 Å². The molecule has 0 radical (unpaired) electrons. The summed E-state index contributed by atoms with van der Waals surface area (Å²) < 4.78 is 0. The lowest BCUT2D eigenvalue weighted by molar-refractivity contribution is -0.136. The van der Waals surface area contributed by atoms with Crippen molar-refractivity contribution in [3.8, 4) is 0 Å². The molecule has 1 aromatic rings. The number of anilines is 1. The highest BCUT2D eigenvalue weighted by Crippen LogP contribution is 2.11. The lowest BCUT2D eigenvalue weighted by Crippen LogP contribution is -2.29. The van der Waals surface area contributed by atoms with Crippen LogP contribution in [-0.2, 0) is 11.2 Å². The van der Waals surface area contributed by atoms with Crippen molar-refractivity contribution in [3.05, 3.63) is 29.8 Å². The number of carboxylic acids is 1. The third-order valence-corrected chi connectivity index (χ3v) is 2.61. The Labute approximate surface area is 113 Å². The van der Waals surface area contributed by atoms with E-state index in [4.69, 9.17) is 5.11 Å². The Morgan fingerprint density at radius 1 is 1.26 bits per heavy atom. The van der Waals surface area contributed by atoms with Crippen molar-refractivity contribution in [2.75, 3.05) is 11.9 Å². The van der Waals surface area contributed by atoms with E-state index in [1.54, 1.807) is 24.3 Å². The van der Waals surface area contributed by atoms with Crippen LogP contribution >= 0.6 is 0 Å². The van der Waals surface area contributed by atoms with Crippen LogP contribution in [0.25, 0.3) is 0 Å². The summed E-state index contributed by atoms with van der Waals surface area (Å²) in [5.41, 5.74) is 1.27. The van der Waals surface area contributed by atoms with Crippen molar-refractivity contribution >= 4 is 17.7 Å². The Morgan fingerprint density at radius 3 is 2.74 bits per heavy atom. The van der Waals surface area contributed by atoms with Crippen molar-refractivity contribution in [1.29, 1.82) is 0 Å². The molecule has 0 saturated carbocycles. The number of amides is 2. The molecule has 0 saturated heterocycles. The van der Waals surface area contributed by atoms with Crippen LogP contribution in [0, 0.1) is 0 Å². The minimum atomic E-state index is -0.888. The van der Waals surface area contributed by atoms with E-state index < -0.39 is 5.97 Å². The van der Waals surface area contributed by atoms with E-state index in [1.165, 1.54) is 0 Å². The largest absolute Gasteiger partial charge is 0.481 e. The topological polar surface area (TPSA) is 78.4 Å². The number of hydrogen-bond donors (Lipinski definition) is 3. The average molecular weight is 264 g/mol. The molecule has 0 fully saturated rings. The molecule has 0 bridgehead atoms. The summed E-state index contributed by atoms with van der Waals surface area (Å²) in [6, 6.07) is 6.59. The van der Waals surface area contributed by atoms with Crippen LogP contribution in [0.15, 0.2) is 24.3 Å². The molecule has 0 atom stereocenters. The van der Waals surface area contributed by atoms with Gasteiger partial charge in [-0.1, -0.05) is 31.9 Å². The molecule has 1 rings (SSSR count). The summed E-state index contributed by atoms with van der Waals surface area (Å²) in [7, 11) is 0. The Bertz CT molecular complexity index is 432. The van der Waals surface area contributed by atoms with Crippen LogP contribution < -0.4 is 10.6 Å². The van der Waals surface area contributed by atoms with E-state index in [9.17, 15) is 9.59 Å². The minimum Gasteiger partial charge on any atom is -0.481 e. The van der Waals surface area contributed by atoms with Gasteiger partial charge >= 0.3 is 12.0 Å². The Balaban J connectivity index is 2.43. The fourth-order valence-electron chi connectivity index (χ4n) is 1.69. The highest BCUT2D eigenvalue weighted by Gasteiger charge is 2.04. The third kappa shape index (κ3) is 6.45. The summed E-state index contributed by atoms with van der Waals surface area (Å²) in [5.74, 6) is -0.888. The van der Waals surface area contributed by atoms with Crippen molar-refractivity contribution in [1.82, 2.24) is 5.32 Å². The first-order valence-electron chi connectivity index (χ1n) is 6.47. The quantitative estimate of drug-likeness (QED) is 0.662. The first-order valence-corrected chi connectivity index (χ1v) is 6.47. The third-order valence-electron chi connectivity index (χ3n) is 2.61. The number of rotatable bonds is 7. The van der Waals surface area contributed by atoms with E-state index in [2.05, 4.69) is 17.6 Å². The average Bonchev–Trinajstić information content (AvgIpc) is 2.34. The van der Waals surface area contributed by atoms with Crippen molar-refractivity contribution in [3.63, 3.8) is 0 Å². The SMILES string of the molecule is CCCCCNC(=O)Nc1cccc(CC(=O)O)c1. The monoisotopic (exact) mass is 264 g/mol.